The molecule has 0 spiro atoms. The van der Waals surface area contributed by atoms with Gasteiger partial charge >= 0.3 is 0 Å². The van der Waals surface area contributed by atoms with Crippen LogP contribution in [-0.4, -0.2) is 12.0 Å². The van der Waals surface area contributed by atoms with E-state index in [1.165, 1.54) is 21.2 Å². The quantitative estimate of drug-likeness (QED) is 0.772. The summed E-state index contributed by atoms with van der Waals surface area (Å²) >= 11 is 1.80. The predicted molar refractivity (Wildman–Crippen MR) is 77.0 cm³/mol. The Morgan fingerprint density at radius 1 is 1.11 bits per heavy atom. The van der Waals surface area contributed by atoms with Crippen molar-refractivity contribution in [2.45, 2.75) is 6.04 Å². The van der Waals surface area contributed by atoms with Crippen LogP contribution in [0.2, 0.25) is 0 Å². The van der Waals surface area contributed by atoms with Gasteiger partial charge in [0, 0.05) is 17.1 Å². The molecule has 18 heavy (non-hydrogen) atoms. The molecule has 0 bridgehead atoms. The van der Waals surface area contributed by atoms with Crippen molar-refractivity contribution in [1.82, 2.24) is 10.3 Å². The number of pyridine rings is 1. The molecular formula is C15H14N2S. The van der Waals surface area contributed by atoms with Crippen LogP contribution in [0.25, 0.3) is 10.1 Å². The van der Waals surface area contributed by atoms with E-state index in [0.717, 1.165) is 0 Å². The van der Waals surface area contributed by atoms with Crippen LogP contribution < -0.4 is 5.32 Å². The number of hydrogen-bond acceptors (Lipinski definition) is 3. The van der Waals surface area contributed by atoms with Crippen molar-refractivity contribution in [2.24, 2.45) is 0 Å². The van der Waals surface area contributed by atoms with E-state index in [-0.39, 0.29) is 6.04 Å². The normalized spacial score (nSPS) is 12.7. The van der Waals surface area contributed by atoms with Gasteiger partial charge in [0.25, 0.3) is 0 Å². The largest absolute Gasteiger partial charge is 0.309 e. The van der Waals surface area contributed by atoms with Crippen LogP contribution in [0.1, 0.15) is 17.2 Å². The van der Waals surface area contributed by atoms with Gasteiger partial charge in [-0.05, 0) is 47.1 Å². The average Bonchev–Trinajstić information content (AvgIpc) is 2.90. The number of benzene rings is 1. The van der Waals surface area contributed by atoms with Gasteiger partial charge in [-0.2, -0.15) is 0 Å². The zero-order chi connectivity index (χ0) is 12.4. The number of nitrogens with zero attached hydrogens (tertiary/aromatic N) is 1. The second kappa shape index (κ2) is 4.88. The third kappa shape index (κ3) is 1.92. The topological polar surface area (TPSA) is 24.9 Å². The highest BCUT2D eigenvalue weighted by Gasteiger charge is 2.14. The Bertz CT molecular complexity index is 646. The molecule has 1 atom stereocenters. The third-order valence-corrected chi connectivity index (χ3v) is 4.13. The average molecular weight is 254 g/mol. The minimum absolute atomic E-state index is 0.218. The monoisotopic (exact) mass is 254 g/mol. The number of fused-ring (bicyclic) bond motifs is 1. The van der Waals surface area contributed by atoms with Crippen molar-refractivity contribution in [3.63, 3.8) is 0 Å². The zero-order valence-corrected chi connectivity index (χ0v) is 10.9. The maximum atomic E-state index is 4.08. The maximum absolute atomic E-state index is 4.08. The highest BCUT2D eigenvalue weighted by molar-refractivity contribution is 7.17. The molecule has 3 heteroatoms. The van der Waals surface area contributed by atoms with Crippen molar-refractivity contribution < 1.29 is 0 Å². The number of thiophene rings is 1. The van der Waals surface area contributed by atoms with Crippen molar-refractivity contribution in [2.75, 3.05) is 7.05 Å². The Labute approximate surface area is 110 Å². The molecule has 0 fully saturated rings. The predicted octanol–water partition coefficient (Wildman–Crippen LogP) is 3.61. The smallest absolute Gasteiger partial charge is 0.0589 e. The van der Waals surface area contributed by atoms with Gasteiger partial charge in [0.1, 0.15) is 0 Å². The minimum Gasteiger partial charge on any atom is -0.309 e. The summed E-state index contributed by atoms with van der Waals surface area (Å²) in [5.41, 5.74) is 2.57. The van der Waals surface area contributed by atoms with E-state index in [0.29, 0.717) is 0 Å². The van der Waals surface area contributed by atoms with E-state index in [1.807, 2.05) is 19.4 Å². The Morgan fingerprint density at radius 2 is 1.94 bits per heavy atom. The molecule has 0 aliphatic carbocycles. The second-order valence-electron chi connectivity index (χ2n) is 4.19. The molecule has 0 aliphatic heterocycles. The molecule has 2 nitrogen and oxygen atoms in total. The van der Waals surface area contributed by atoms with E-state index >= 15 is 0 Å². The van der Waals surface area contributed by atoms with Crippen LogP contribution in [0.15, 0.2) is 54.2 Å². The summed E-state index contributed by atoms with van der Waals surface area (Å²) < 4.78 is 1.36. The summed E-state index contributed by atoms with van der Waals surface area (Å²) in [6.07, 6.45) is 3.68. The van der Waals surface area contributed by atoms with Crippen LogP contribution in [0.3, 0.4) is 0 Å². The summed E-state index contributed by atoms with van der Waals surface area (Å²) in [4.78, 5) is 4.08. The highest BCUT2D eigenvalue weighted by atomic mass is 32.1. The number of rotatable bonds is 3. The van der Waals surface area contributed by atoms with E-state index < -0.39 is 0 Å². The van der Waals surface area contributed by atoms with E-state index in [4.69, 9.17) is 0 Å². The lowest BCUT2D eigenvalue weighted by Gasteiger charge is -2.17. The third-order valence-electron chi connectivity index (χ3n) is 3.15. The minimum atomic E-state index is 0.218. The first-order valence-electron chi connectivity index (χ1n) is 5.93. The Kier molecular flexibility index (Phi) is 3.09. The molecule has 0 amide bonds. The van der Waals surface area contributed by atoms with E-state index in [1.54, 1.807) is 11.3 Å². The standard InChI is InChI=1S/C15H14N2S/c1-16-14(11-5-8-17-9-6-11)13-4-2-3-12-7-10-18-15(12)13/h2-10,14,16H,1H3. The number of hydrogen-bond donors (Lipinski definition) is 1. The fourth-order valence-corrected chi connectivity index (χ4v) is 3.25. The van der Waals surface area contributed by atoms with Crippen LogP contribution >= 0.6 is 11.3 Å². The Hall–Kier alpha value is -1.71. The van der Waals surface area contributed by atoms with E-state index in [2.05, 4.69) is 52.1 Å². The van der Waals surface area contributed by atoms with Gasteiger partial charge in [-0.15, -0.1) is 11.3 Å². The highest BCUT2D eigenvalue weighted by Crippen LogP contribution is 2.31. The second-order valence-corrected chi connectivity index (χ2v) is 5.10. The fourth-order valence-electron chi connectivity index (χ4n) is 2.30. The number of aromatic nitrogens is 1. The summed E-state index contributed by atoms with van der Waals surface area (Å²) in [5.74, 6) is 0. The van der Waals surface area contributed by atoms with Crippen LogP contribution in [0, 0.1) is 0 Å². The van der Waals surface area contributed by atoms with Gasteiger partial charge in [0.2, 0.25) is 0 Å². The SMILES string of the molecule is CNC(c1ccncc1)c1cccc2ccsc12. The van der Waals surface area contributed by atoms with E-state index in [9.17, 15) is 0 Å². The van der Waals surface area contributed by atoms with Crippen molar-refractivity contribution in [1.29, 1.82) is 0 Å². The molecule has 3 aromatic rings. The number of nitrogens with one attached hydrogen (secondary N) is 1. The lowest BCUT2D eigenvalue weighted by atomic mass is 9.99. The molecule has 0 saturated carbocycles. The van der Waals surface area contributed by atoms with Gasteiger partial charge in [-0.25, -0.2) is 0 Å². The van der Waals surface area contributed by atoms with Crippen molar-refractivity contribution in [3.8, 4) is 0 Å². The van der Waals surface area contributed by atoms with Gasteiger partial charge in [0.05, 0.1) is 6.04 Å². The molecule has 2 heterocycles. The van der Waals surface area contributed by atoms with Crippen LogP contribution in [0.5, 0.6) is 0 Å². The summed E-state index contributed by atoms with van der Waals surface area (Å²) in [7, 11) is 2.00. The molecular weight excluding hydrogens is 240 g/mol. The van der Waals surface area contributed by atoms with Gasteiger partial charge < -0.3 is 5.32 Å². The first-order valence-corrected chi connectivity index (χ1v) is 6.81. The molecule has 2 aromatic heterocycles. The molecule has 90 valence electrons. The molecule has 3 rings (SSSR count). The molecule has 1 N–H and O–H groups in total. The van der Waals surface area contributed by atoms with Crippen molar-refractivity contribution in [3.05, 3.63) is 65.3 Å². The molecule has 0 radical (unpaired) electrons. The summed E-state index contributed by atoms with van der Waals surface area (Å²) in [6, 6.07) is 13.0. The zero-order valence-electron chi connectivity index (χ0n) is 10.1. The Balaban J connectivity index is 2.15. The van der Waals surface area contributed by atoms with Gasteiger partial charge in [-0.3, -0.25) is 4.98 Å². The molecule has 1 aromatic carbocycles. The fraction of sp³-hybridized carbons (Fsp3) is 0.133. The lowest BCUT2D eigenvalue weighted by Crippen LogP contribution is -2.17. The van der Waals surface area contributed by atoms with Gasteiger partial charge in [-0.1, -0.05) is 18.2 Å². The maximum Gasteiger partial charge on any atom is 0.0589 e. The summed E-state index contributed by atoms with van der Waals surface area (Å²) in [5, 5.41) is 6.85. The molecule has 1 unspecified atom stereocenters. The van der Waals surface area contributed by atoms with Crippen LogP contribution in [-0.2, 0) is 0 Å². The lowest BCUT2D eigenvalue weighted by molar-refractivity contribution is 0.696. The molecule has 0 saturated heterocycles. The van der Waals surface area contributed by atoms with Gasteiger partial charge in [0.15, 0.2) is 0 Å². The first kappa shape index (κ1) is 11.4. The summed E-state index contributed by atoms with van der Waals surface area (Å²) in [6.45, 7) is 0. The van der Waals surface area contributed by atoms with Crippen molar-refractivity contribution >= 4 is 21.4 Å². The Morgan fingerprint density at radius 3 is 2.72 bits per heavy atom. The molecule has 0 aliphatic rings. The van der Waals surface area contributed by atoms with Crippen LogP contribution in [0.4, 0.5) is 0 Å². The first-order chi connectivity index (χ1) is 8.90.